The van der Waals surface area contributed by atoms with Crippen LogP contribution in [-0.4, -0.2) is 48.9 Å². The molecule has 1 aromatic rings. The van der Waals surface area contributed by atoms with Gasteiger partial charge in [0.1, 0.15) is 0 Å². The molecule has 0 spiro atoms. The van der Waals surface area contributed by atoms with Gasteiger partial charge in [0.15, 0.2) is 5.92 Å². The van der Waals surface area contributed by atoms with Crippen molar-refractivity contribution in [3.8, 4) is 0 Å². The zero-order valence-corrected chi connectivity index (χ0v) is 13.4. The van der Waals surface area contributed by atoms with Crippen molar-refractivity contribution in [2.45, 2.75) is 12.5 Å². The summed E-state index contributed by atoms with van der Waals surface area (Å²) in [6, 6.07) is 5.56. The van der Waals surface area contributed by atoms with Crippen LogP contribution in [0.2, 0.25) is 0 Å². The van der Waals surface area contributed by atoms with Crippen LogP contribution in [0, 0.1) is 5.92 Å². The fourth-order valence-corrected chi connectivity index (χ4v) is 2.63. The van der Waals surface area contributed by atoms with Crippen LogP contribution in [0.3, 0.4) is 0 Å². The quantitative estimate of drug-likeness (QED) is 0.337. The van der Waals surface area contributed by atoms with Gasteiger partial charge in [0.05, 0.1) is 31.4 Å². The van der Waals surface area contributed by atoms with Crippen LogP contribution >= 0.6 is 0 Å². The molecule has 0 fully saturated rings. The zero-order chi connectivity index (χ0) is 17.9. The first-order valence-electron chi connectivity index (χ1n) is 7.21. The Balaban J connectivity index is 2.30. The number of hydrogen-bond acceptors (Lipinski definition) is 6. The molecule has 0 saturated heterocycles. The number of hydrogen-bond donors (Lipinski definition) is 0. The smallest absolute Gasteiger partial charge is 0.320 e. The largest absolute Gasteiger partial charge is 0.468 e. The lowest BCUT2D eigenvalue weighted by Crippen LogP contribution is -2.42. The normalized spacial score (nSPS) is 14.4. The second-order valence-corrected chi connectivity index (χ2v) is 5.16. The van der Waals surface area contributed by atoms with Crippen LogP contribution in [0.5, 0.6) is 0 Å². The highest BCUT2D eigenvalue weighted by Gasteiger charge is 2.41. The molecule has 24 heavy (non-hydrogen) atoms. The van der Waals surface area contributed by atoms with E-state index in [4.69, 9.17) is 0 Å². The number of esters is 2. The highest BCUT2D eigenvalue weighted by atomic mass is 16.5. The molecular weight excluding hydrogens is 314 g/mol. The average molecular weight is 331 g/mol. The van der Waals surface area contributed by atoms with E-state index in [1.165, 1.54) is 6.08 Å². The number of carbonyl (C=O) groups excluding carboxylic acids is 4. The van der Waals surface area contributed by atoms with Crippen molar-refractivity contribution in [2.75, 3.05) is 14.2 Å². The predicted octanol–water partition coefficient (Wildman–Crippen LogP) is 1.19. The Bertz CT molecular complexity index is 660. The molecular formula is C17H17NO6. The number of methoxy groups -OCH3 is 2. The van der Waals surface area contributed by atoms with E-state index in [9.17, 15) is 19.2 Å². The molecule has 1 aliphatic rings. The van der Waals surface area contributed by atoms with Gasteiger partial charge in [-0.1, -0.05) is 18.2 Å². The van der Waals surface area contributed by atoms with Gasteiger partial charge in [-0.05, 0) is 18.6 Å². The van der Waals surface area contributed by atoms with Crippen molar-refractivity contribution < 1.29 is 28.7 Å². The molecule has 1 aliphatic heterocycles. The van der Waals surface area contributed by atoms with E-state index in [1.807, 2.05) is 0 Å². The summed E-state index contributed by atoms with van der Waals surface area (Å²) in [4.78, 5) is 49.6. The molecule has 2 amide bonds. The summed E-state index contributed by atoms with van der Waals surface area (Å²) in [7, 11) is 2.28. The summed E-state index contributed by atoms with van der Waals surface area (Å²) < 4.78 is 9.19. The number of ether oxygens (including phenoxy) is 2. The lowest BCUT2D eigenvalue weighted by molar-refractivity contribution is -0.159. The second-order valence-electron chi connectivity index (χ2n) is 5.16. The summed E-state index contributed by atoms with van der Waals surface area (Å²) in [6.07, 6.45) is 1.19. The number of imide groups is 1. The molecule has 2 rings (SSSR count). The van der Waals surface area contributed by atoms with Gasteiger partial charge in [0, 0.05) is 0 Å². The molecule has 0 aromatic heterocycles. The van der Waals surface area contributed by atoms with Gasteiger partial charge in [-0.2, -0.15) is 0 Å². The summed E-state index contributed by atoms with van der Waals surface area (Å²) >= 11 is 0. The van der Waals surface area contributed by atoms with Gasteiger partial charge in [-0.25, -0.2) is 0 Å². The molecule has 1 aromatic carbocycles. The lowest BCUT2D eigenvalue weighted by Gasteiger charge is -2.25. The third-order valence-corrected chi connectivity index (χ3v) is 3.88. The summed E-state index contributed by atoms with van der Waals surface area (Å²) in [5, 5.41) is 0. The molecule has 0 saturated carbocycles. The average Bonchev–Trinajstić information content (AvgIpc) is 2.86. The van der Waals surface area contributed by atoms with E-state index < -0.39 is 35.7 Å². The van der Waals surface area contributed by atoms with E-state index >= 15 is 0 Å². The molecule has 0 radical (unpaired) electrons. The minimum absolute atomic E-state index is 0.158. The molecule has 0 bridgehead atoms. The van der Waals surface area contributed by atoms with Gasteiger partial charge in [-0.3, -0.25) is 24.1 Å². The molecule has 7 nitrogen and oxygen atoms in total. The molecule has 1 atom stereocenters. The van der Waals surface area contributed by atoms with Crippen molar-refractivity contribution in [2.24, 2.45) is 5.92 Å². The number of rotatable bonds is 6. The maximum absolute atomic E-state index is 12.5. The third-order valence-electron chi connectivity index (χ3n) is 3.88. The number of carbonyl (C=O) groups is 4. The first kappa shape index (κ1) is 17.4. The first-order valence-corrected chi connectivity index (χ1v) is 7.21. The minimum atomic E-state index is -1.26. The van der Waals surface area contributed by atoms with E-state index in [1.54, 1.807) is 24.3 Å². The van der Waals surface area contributed by atoms with Crippen LogP contribution in [0.15, 0.2) is 36.9 Å². The standard InChI is InChI=1S/C17H17NO6/c1-4-10(9-13(16(21)23-2)17(22)24-3)18-14(19)11-7-5-6-8-12(11)15(18)20/h4-8,10,13H,1,9H2,2-3H3/t10-/m1/s1. The Hall–Kier alpha value is -2.96. The van der Waals surface area contributed by atoms with Crippen molar-refractivity contribution in [3.05, 3.63) is 48.0 Å². The van der Waals surface area contributed by atoms with E-state index in [0.29, 0.717) is 0 Å². The SMILES string of the molecule is C=C[C@H](CC(C(=O)OC)C(=O)OC)N1C(=O)c2ccccc2C1=O. The summed E-state index contributed by atoms with van der Waals surface area (Å²) in [5.41, 5.74) is 0.559. The first-order chi connectivity index (χ1) is 11.5. The van der Waals surface area contributed by atoms with Crippen molar-refractivity contribution >= 4 is 23.8 Å². The van der Waals surface area contributed by atoms with Crippen molar-refractivity contribution in [3.63, 3.8) is 0 Å². The number of benzene rings is 1. The maximum Gasteiger partial charge on any atom is 0.320 e. The Morgan fingerprint density at radius 3 is 1.92 bits per heavy atom. The van der Waals surface area contributed by atoms with Crippen LogP contribution in [0.1, 0.15) is 27.1 Å². The molecule has 126 valence electrons. The van der Waals surface area contributed by atoms with E-state index in [0.717, 1.165) is 19.1 Å². The minimum Gasteiger partial charge on any atom is -0.468 e. The number of amides is 2. The summed E-state index contributed by atoms with van der Waals surface area (Å²) in [6.45, 7) is 3.61. The number of nitrogens with zero attached hydrogens (tertiary/aromatic N) is 1. The van der Waals surface area contributed by atoms with Crippen molar-refractivity contribution in [1.82, 2.24) is 4.90 Å². The van der Waals surface area contributed by atoms with Gasteiger partial charge in [-0.15, -0.1) is 6.58 Å². The van der Waals surface area contributed by atoms with E-state index in [-0.39, 0.29) is 17.5 Å². The molecule has 0 unspecified atom stereocenters. The summed E-state index contributed by atoms with van der Waals surface area (Å²) in [5.74, 6) is -3.84. The Labute approximate surface area is 138 Å². The number of fused-ring (bicyclic) bond motifs is 1. The fourth-order valence-electron chi connectivity index (χ4n) is 2.63. The van der Waals surface area contributed by atoms with Crippen LogP contribution < -0.4 is 0 Å². The van der Waals surface area contributed by atoms with Crippen molar-refractivity contribution in [1.29, 1.82) is 0 Å². The Kier molecular flexibility index (Phi) is 5.13. The topological polar surface area (TPSA) is 90.0 Å². The predicted molar refractivity (Wildman–Crippen MR) is 83.1 cm³/mol. The highest BCUT2D eigenvalue weighted by molar-refractivity contribution is 6.21. The molecule has 0 N–H and O–H groups in total. The van der Waals surface area contributed by atoms with Gasteiger partial charge >= 0.3 is 11.9 Å². The van der Waals surface area contributed by atoms with Gasteiger partial charge < -0.3 is 9.47 Å². The monoisotopic (exact) mass is 331 g/mol. The third kappa shape index (κ3) is 2.92. The second kappa shape index (κ2) is 7.08. The lowest BCUT2D eigenvalue weighted by atomic mass is 9.98. The van der Waals surface area contributed by atoms with Crippen LogP contribution in [-0.2, 0) is 19.1 Å². The Morgan fingerprint density at radius 1 is 1.08 bits per heavy atom. The molecule has 0 aliphatic carbocycles. The van der Waals surface area contributed by atoms with Crippen LogP contribution in [0.25, 0.3) is 0 Å². The maximum atomic E-state index is 12.5. The Morgan fingerprint density at radius 2 is 1.54 bits per heavy atom. The zero-order valence-electron chi connectivity index (χ0n) is 13.4. The van der Waals surface area contributed by atoms with Gasteiger partial charge in [0.2, 0.25) is 0 Å². The fraction of sp³-hybridized carbons (Fsp3) is 0.294. The van der Waals surface area contributed by atoms with Crippen LogP contribution in [0.4, 0.5) is 0 Å². The molecule has 7 heteroatoms. The van der Waals surface area contributed by atoms with E-state index in [2.05, 4.69) is 16.1 Å². The molecule has 1 heterocycles. The van der Waals surface area contributed by atoms with Gasteiger partial charge in [0.25, 0.3) is 11.8 Å². The highest BCUT2D eigenvalue weighted by Crippen LogP contribution is 2.27.